The van der Waals surface area contributed by atoms with Gasteiger partial charge in [0.2, 0.25) is 11.8 Å². The van der Waals surface area contributed by atoms with Gasteiger partial charge in [-0.15, -0.1) is 0 Å². The van der Waals surface area contributed by atoms with Gasteiger partial charge >= 0.3 is 0 Å². The standard InChI is InChI=1S/C32H36Cl2FN3O4/c33-18-7-8-20-22(17-18)36-27(40)32(20)23(19-5-4-6-21(34)24(19)35)25(37-31(32)9-2-1-3-10-31)26(39)38-30-14-11-29(12-15-30,13-16-30)28(41)42/h4-8,17,23,25,28,37,41-42H,1-3,9-16H2,(H,36,40)(H,38,39)/t23-,25+,29?,30?,32+/m0/s1. The molecule has 6 aliphatic rings. The van der Waals surface area contributed by atoms with Gasteiger partial charge < -0.3 is 20.8 Å². The average Bonchev–Trinajstić information content (AvgIpc) is 3.43. The van der Waals surface area contributed by atoms with Crippen molar-refractivity contribution in [3.05, 3.63) is 63.4 Å². The van der Waals surface area contributed by atoms with E-state index in [4.69, 9.17) is 23.2 Å². The predicted octanol–water partition coefficient (Wildman–Crippen LogP) is 5.30. The lowest BCUT2D eigenvalue weighted by atomic mass is 9.55. The predicted molar refractivity (Wildman–Crippen MR) is 158 cm³/mol. The molecule has 2 bridgehead atoms. The molecule has 2 aromatic rings. The third kappa shape index (κ3) is 3.88. The van der Waals surface area contributed by atoms with Crippen LogP contribution in [0, 0.1) is 11.2 Å². The van der Waals surface area contributed by atoms with E-state index in [2.05, 4.69) is 16.0 Å². The zero-order chi connectivity index (χ0) is 29.5. The van der Waals surface area contributed by atoms with Crippen LogP contribution in [-0.4, -0.2) is 45.4 Å². The molecular weight excluding hydrogens is 580 g/mol. The number of amides is 2. The van der Waals surface area contributed by atoms with Crippen molar-refractivity contribution in [2.24, 2.45) is 5.41 Å². The molecular formula is C32H36Cl2FN3O4. The molecule has 2 aromatic carbocycles. The molecule has 5 N–H and O–H groups in total. The van der Waals surface area contributed by atoms with Crippen LogP contribution in [-0.2, 0) is 15.0 Å². The van der Waals surface area contributed by atoms with E-state index >= 15 is 4.39 Å². The summed E-state index contributed by atoms with van der Waals surface area (Å²) >= 11 is 12.7. The van der Waals surface area contributed by atoms with Crippen molar-refractivity contribution in [2.75, 3.05) is 5.32 Å². The number of carbonyl (C=O) groups excluding carboxylic acids is 2. The minimum absolute atomic E-state index is 0.0572. The second-order valence-corrected chi connectivity index (χ2v) is 14.2. The Morgan fingerprint density at radius 3 is 2.33 bits per heavy atom. The Balaban J connectivity index is 1.36. The zero-order valence-electron chi connectivity index (χ0n) is 23.3. The number of benzene rings is 2. The Morgan fingerprint density at radius 1 is 0.976 bits per heavy atom. The smallest absolute Gasteiger partial charge is 0.238 e. The van der Waals surface area contributed by atoms with Crippen molar-refractivity contribution in [2.45, 2.75) is 105 Å². The van der Waals surface area contributed by atoms with Crippen molar-refractivity contribution in [1.82, 2.24) is 10.6 Å². The fourth-order valence-electron chi connectivity index (χ4n) is 9.35. The first kappa shape index (κ1) is 28.5. The molecule has 1 saturated heterocycles. The number of halogens is 3. The molecule has 2 amide bonds. The largest absolute Gasteiger partial charge is 0.368 e. The van der Waals surface area contributed by atoms with Crippen LogP contribution in [0.5, 0.6) is 0 Å². The van der Waals surface area contributed by atoms with Gasteiger partial charge in [-0.05, 0) is 80.7 Å². The first-order chi connectivity index (χ1) is 20.1. The molecule has 5 fully saturated rings. The number of fused-ring (bicyclic) bond motifs is 6. The van der Waals surface area contributed by atoms with Gasteiger partial charge in [-0.1, -0.05) is 60.7 Å². The second-order valence-electron chi connectivity index (χ2n) is 13.3. The van der Waals surface area contributed by atoms with Crippen molar-refractivity contribution in [3.63, 3.8) is 0 Å². The van der Waals surface area contributed by atoms with Crippen molar-refractivity contribution in [3.8, 4) is 0 Å². The SMILES string of the molecule is O=C(NC12CCC(C(O)O)(CC1)CC2)[C@@H]1NC2(CCCCC2)[C@@]2(C(=O)Nc3cc(Cl)ccc32)[C@H]1c1cccc(Cl)c1F. The Labute approximate surface area is 254 Å². The molecule has 0 aromatic heterocycles. The van der Waals surface area contributed by atoms with Gasteiger partial charge in [0.25, 0.3) is 0 Å². The van der Waals surface area contributed by atoms with Gasteiger partial charge in [-0.25, -0.2) is 4.39 Å². The van der Waals surface area contributed by atoms with Crippen LogP contribution >= 0.6 is 23.2 Å². The number of aliphatic hydroxyl groups is 2. The second kappa shape index (κ2) is 9.89. The summed E-state index contributed by atoms with van der Waals surface area (Å²) < 4.78 is 16.1. The van der Waals surface area contributed by atoms with Crippen LogP contribution in [0.15, 0.2) is 36.4 Å². The summed E-state index contributed by atoms with van der Waals surface area (Å²) in [6, 6.07) is 9.22. The molecule has 8 rings (SSSR count). The number of hydrogen-bond donors (Lipinski definition) is 5. The van der Waals surface area contributed by atoms with E-state index in [1.54, 1.807) is 24.3 Å². The molecule has 2 aliphatic heterocycles. The van der Waals surface area contributed by atoms with Crippen molar-refractivity contribution < 1.29 is 24.2 Å². The number of nitrogens with one attached hydrogen (secondary N) is 3. The molecule has 4 aliphatic carbocycles. The summed E-state index contributed by atoms with van der Waals surface area (Å²) in [6.45, 7) is 0. The van der Waals surface area contributed by atoms with E-state index in [9.17, 15) is 19.8 Å². The molecule has 2 spiro atoms. The normalized spacial score (nSPS) is 34.7. The maximum Gasteiger partial charge on any atom is 0.238 e. The fourth-order valence-corrected chi connectivity index (χ4v) is 9.70. The lowest BCUT2D eigenvalue weighted by Gasteiger charge is -2.54. The van der Waals surface area contributed by atoms with Gasteiger partial charge in [0.05, 0.1) is 11.1 Å². The molecule has 2 heterocycles. The summed E-state index contributed by atoms with van der Waals surface area (Å²) in [5.41, 5.74) is -1.51. The lowest BCUT2D eigenvalue weighted by molar-refractivity contribution is -0.178. The Bertz CT molecular complexity index is 1440. The Hall–Kier alpha value is -2.23. The molecule has 0 unspecified atom stereocenters. The molecule has 4 saturated carbocycles. The topological polar surface area (TPSA) is 111 Å². The van der Waals surface area contributed by atoms with Crippen LogP contribution in [0.1, 0.15) is 87.7 Å². The van der Waals surface area contributed by atoms with E-state index in [1.165, 1.54) is 6.07 Å². The van der Waals surface area contributed by atoms with Crippen molar-refractivity contribution in [1.29, 1.82) is 0 Å². The maximum absolute atomic E-state index is 16.1. The van der Waals surface area contributed by atoms with Gasteiger partial charge in [0.15, 0.2) is 6.29 Å². The van der Waals surface area contributed by atoms with Crippen molar-refractivity contribution >= 4 is 40.7 Å². The number of carbonyl (C=O) groups is 2. The first-order valence-electron chi connectivity index (χ1n) is 15.1. The van der Waals surface area contributed by atoms with Crippen LogP contribution in [0.3, 0.4) is 0 Å². The minimum atomic E-state index is -1.38. The van der Waals surface area contributed by atoms with E-state index in [1.807, 2.05) is 6.07 Å². The van der Waals surface area contributed by atoms with Crippen LogP contribution < -0.4 is 16.0 Å². The summed E-state index contributed by atoms with van der Waals surface area (Å²) in [6.07, 6.45) is 6.45. The van der Waals surface area contributed by atoms with Crippen LogP contribution in [0.4, 0.5) is 10.1 Å². The molecule has 224 valence electrons. The molecule has 0 radical (unpaired) electrons. The molecule has 42 heavy (non-hydrogen) atoms. The number of aliphatic hydroxyl groups excluding tert-OH is 1. The Kier molecular flexibility index (Phi) is 6.72. The van der Waals surface area contributed by atoms with Gasteiger partial charge in [-0.2, -0.15) is 0 Å². The third-order valence-corrected chi connectivity index (χ3v) is 12.1. The third-order valence-electron chi connectivity index (χ3n) is 11.5. The van der Waals surface area contributed by atoms with E-state index in [0.717, 1.165) is 24.8 Å². The quantitative estimate of drug-likeness (QED) is 0.300. The number of anilines is 1. The number of hydrogen-bond acceptors (Lipinski definition) is 5. The van der Waals surface area contributed by atoms with E-state index < -0.39 is 46.0 Å². The molecule has 10 heteroatoms. The molecule has 3 atom stereocenters. The summed E-state index contributed by atoms with van der Waals surface area (Å²) in [7, 11) is 0. The summed E-state index contributed by atoms with van der Waals surface area (Å²) in [5, 5.41) is 30.6. The zero-order valence-corrected chi connectivity index (χ0v) is 24.8. The van der Waals surface area contributed by atoms with Gasteiger partial charge in [0, 0.05) is 33.1 Å². The van der Waals surface area contributed by atoms with Gasteiger partial charge in [-0.3, -0.25) is 14.9 Å². The average molecular weight is 617 g/mol. The summed E-state index contributed by atoms with van der Waals surface area (Å²) in [4.78, 5) is 29.0. The first-order valence-corrected chi connectivity index (χ1v) is 15.8. The minimum Gasteiger partial charge on any atom is -0.368 e. The van der Waals surface area contributed by atoms with Crippen LogP contribution in [0.2, 0.25) is 10.0 Å². The lowest BCUT2D eigenvalue weighted by Crippen LogP contribution is -2.62. The number of rotatable bonds is 4. The summed E-state index contributed by atoms with van der Waals surface area (Å²) in [5.74, 6) is -2.03. The van der Waals surface area contributed by atoms with E-state index in [0.29, 0.717) is 62.1 Å². The highest BCUT2D eigenvalue weighted by atomic mass is 35.5. The highest BCUT2D eigenvalue weighted by molar-refractivity contribution is 6.31. The van der Waals surface area contributed by atoms with Gasteiger partial charge in [0.1, 0.15) is 11.2 Å². The van der Waals surface area contributed by atoms with E-state index in [-0.39, 0.29) is 22.4 Å². The monoisotopic (exact) mass is 615 g/mol. The highest BCUT2D eigenvalue weighted by Crippen LogP contribution is 2.63. The maximum atomic E-state index is 16.1. The Morgan fingerprint density at radius 2 is 1.67 bits per heavy atom. The highest BCUT2D eigenvalue weighted by Gasteiger charge is 2.72. The van der Waals surface area contributed by atoms with Crippen LogP contribution in [0.25, 0.3) is 0 Å². The fraction of sp³-hybridized carbons (Fsp3) is 0.562. The molecule has 7 nitrogen and oxygen atoms in total.